The van der Waals surface area contributed by atoms with Crippen LogP contribution in [0.1, 0.15) is 21.8 Å². The number of methoxy groups -OCH3 is 1. The first kappa shape index (κ1) is 13.3. The van der Waals surface area contributed by atoms with Crippen molar-refractivity contribution in [3.8, 4) is 5.75 Å². The topological polar surface area (TPSA) is 46.5 Å². The number of hydrogen-bond acceptors (Lipinski definition) is 3. The Balaban J connectivity index is 2.25. The van der Waals surface area contributed by atoms with Crippen LogP contribution in [0.4, 0.5) is 0 Å². The second-order valence-corrected chi connectivity index (χ2v) is 4.24. The lowest BCUT2D eigenvalue weighted by molar-refractivity contribution is 0.0922. The second-order valence-electron chi connectivity index (χ2n) is 4.24. The zero-order valence-electron chi connectivity index (χ0n) is 10.7. The lowest BCUT2D eigenvalue weighted by Crippen LogP contribution is -2.16. The van der Waals surface area contributed by atoms with Crippen LogP contribution < -0.4 is 4.74 Å². The molecule has 0 radical (unpaired) electrons. The van der Waals surface area contributed by atoms with E-state index in [-0.39, 0.29) is 12.4 Å². The van der Waals surface area contributed by atoms with Gasteiger partial charge in [-0.15, -0.1) is 0 Å². The maximum Gasteiger partial charge on any atom is 0.172 e. The highest BCUT2D eigenvalue weighted by molar-refractivity contribution is 6.01. The van der Waals surface area contributed by atoms with Crippen LogP contribution in [0.5, 0.6) is 5.75 Å². The molecule has 0 amide bonds. The Hall–Kier alpha value is -2.13. The van der Waals surface area contributed by atoms with E-state index in [4.69, 9.17) is 4.74 Å². The fourth-order valence-electron chi connectivity index (χ4n) is 1.98. The molecule has 0 saturated carbocycles. The number of ketones is 1. The van der Waals surface area contributed by atoms with Crippen LogP contribution in [0.3, 0.4) is 0 Å². The van der Waals surface area contributed by atoms with E-state index >= 15 is 0 Å². The van der Waals surface area contributed by atoms with Gasteiger partial charge in [0, 0.05) is 5.56 Å². The van der Waals surface area contributed by atoms with Crippen molar-refractivity contribution in [2.75, 3.05) is 13.7 Å². The van der Waals surface area contributed by atoms with E-state index in [1.807, 2.05) is 30.3 Å². The highest BCUT2D eigenvalue weighted by Crippen LogP contribution is 2.22. The summed E-state index contributed by atoms with van der Waals surface area (Å²) in [5, 5.41) is 9.47. The van der Waals surface area contributed by atoms with E-state index in [2.05, 4.69) is 0 Å². The van der Waals surface area contributed by atoms with Crippen LogP contribution in [0.25, 0.3) is 0 Å². The Morgan fingerprint density at radius 1 is 1.11 bits per heavy atom. The van der Waals surface area contributed by atoms with Gasteiger partial charge in [0.25, 0.3) is 0 Å². The third-order valence-corrected chi connectivity index (χ3v) is 3.08. The summed E-state index contributed by atoms with van der Waals surface area (Å²) in [6.45, 7) is -0.200. The lowest BCUT2D eigenvalue weighted by Gasteiger charge is -2.13. The molecule has 98 valence electrons. The second kappa shape index (κ2) is 6.16. The van der Waals surface area contributed by atoms with Crippen molar-refractivity contribution >= 4 is 5.78 Å². The van der Waals surface area contributed by atoms with Gasteiger partial charge in [-0.25, -0.2) is 0 Å². The van der Waals surface area contributed by atoms with Gasteiger partial charge >= 0.3 is 0 Å². The molecule has 0 heterocycles. The Morgan fingerprint density at radius 3 is 2.26 bits per heavy atom. The minimum absolute atomic E-state index is 0.0867. The molecule has 2 rings (SSSR count). The number of aliphatic hydroxyl groups is 1. The largest absolute Gasteiger partial charge is 0.497 e. The van der Waals surface area contributed by atoms with Gasteiger partial charge in [-0.05, 0) is 29.8 Å². The van der Waals surface area contributed by atoms with Gasteiger partial charge in [0.05, 0.1) is 19.6 Å². The van der Waals surface area contributed by atoms with E-state index in [0.717, 1.165) is 5.56 Å². The molecule has 3 nitrogen and oxygen atoms in total. The van der Waals surface area contributed by atoms with Crippen LogP contribution in [-0.4, -0.2) is 24.6 Å². The lowest BCUT2D eigenvalue weighted by atomic mass is 9.91. The number of carbonyl (C=O) groups is 1. The normalized spacial score (nSPS) is 11.9. The molecule has 0 fully saturated rings. The zero-order valence-corrected chi connectivity index (χ0v) is 10.7. The van der Waals surface area contributed by atoms with Crippen molar-refractivity contribution in [3.63, 3.8) is 0 Å². The summed E-state index contributed by atoms with van der Waals surface area (Å²) in [4.78, 5) is 12.4. The van der Waals surface area contributed by atoms with E-state index in [0.29, 0.717) is 11.3 Å². The van der Waals surface area contributed by atoms with E-state index in [9.17, 15) is 9.90 Å². The smallest absolute Gasteiger partial charge is 0.172 e. The van der Waals surface area contributed by atoms with Crippen molar-refractivity contribution < 1.29 is 14.6 Å². The van der Waals surface area contributed by atoms with Gasteiger partial charge in [-0.3, -0.25) is 4.79 Å². The quantitative estimate of drug-likeness (QED) is 0.836. The first-order valence-corrected chi connectivity index (χ1v) is 6.10. The summed E-state index contributed by atoms with van der Waals surface area (Å²) in [6.07, 6.45) is 0. The highest BCUT2D eigenvalue weighted by Gasteiger charge is 2.20. The SMILES string of the molecule is COc1ccc(C(=O)C(CO)c2ccccc2)cc1. The Bertz CT molecular complexity index is 532. The number of ether oxygens (including phenoxy) is 1. The predicted octanol–water partition coefficient (Wildman–Crippen LogP) is 2.65. The van der Waals surface area contributed by atoms with Crippen LogP contribution in [0.2, 0.25) is 0 Å². The minimum Gasteiger partial charge on any atom is -0.497 e. The molecule has 0 aliphatic rings. The molecule has 0 aliphatic carbocycles. The molecule has 0 bridgehead atoms. The molecule has 19 heavy (non-hydrogen) atoms. The molecular formula is C16H16O3. The average Bonchev–Trinajstić information content (AvgIpc) is 2.49. The van der Waals surface area contributed by atoms with Crippen LogP contribution in [0.15, 0.2) is 54.6 Å². The fraction of sp³-hybridized carbons (Fsp3) is 0.188. The fourth-order valence-corrected chi connectivity index (χ4v) is 1.98. The van der Waals surface area contributed by atoms with Gasteiger partial charge in [-0.2, -0.15) is 0 Å². The van der Waals surface area contributed by atoms with Gasteiger partial charge in [-0.1, -0.05) is 30.3 Å². The average molecular weight is 256 g/mol. The van der Waals surface area contributed by atoms with E-state index in [1.165, 1.54) is 0 Å². The predicted molar refractivity (Wildman–Crippen MR) is 73.6 cm³/mol. The molecule has 2 aromatic carbocycles. The van der Waals surface area contributed by atoms with Gasteiger partial charge < -0.3 is 9.84 Å². The third kappa shape index (κ3) is 3.01. The van der Waals surface area contributed by atoms with Crippen molar-refractivity contribution in [2.45, 2.75) is 5.92 Å². The molecule has 0 saturated heterocycles. The maximum absolute atomic E-state index is 12.4. The van der Waals surface area contributed by atoms with Crippen LogP contribution in [0, 0.1) is 0 Å². The number of Topliss-reactive ketones (excluding diaryl/α,β-unsaturated/α-hetero) is 1. The third-order valence-electron chi connectivity index (χ3n) is 3.08. The zero-order chi connectivity index (χ0) is 13.7. The summed E-state index contributed by atoms with van der Waals surface area (Å²) >= 11 is 0. The maximum atomic E-state index is 12.4. The Labute approximate surface area is 112 Å². The number of benzene rings is 2. The van der Waals surface area contributed by atoms with E-state index in [1.54, 1.807) is 31.4 Å². The molecule has 2 aromatic rings. The van der Waals surface area contributed by atoms with Crippen molar-refractivity contribution in [2.24, 2.45) is 0 Å². The van der Waals surface area contributed by atoms with Gasteiger partial charge in [0.2, 0.25) is 0 Å². The standard InChI is InChI=1S/C16H16O3/c1-19-14-9-7-13(8-10-14)16(18)15(11-17)12-5-3-2-4-6-12/h2-10,15,17H,11H2,1H3. The molecule has 3 heteroatoms. The first-order valence-electron chi connectivity index (χ1n) is 6.10. The number of carbonyl (C=O) groups excluding carboxylic acids is 1. The summed E-state index contributed by atoms with van der Waals surface area (Å²) in [6, 6.07) is 16.2. The van der Waals surface area contributed by atoms with Crippen molar-refractivity contribution in [1.29, 1.82) is 0 Å². The molecule has 1 atom stereocenters. The van der Waals surface area contributed by atoms with E-state index < -0.39 is 5.92 Å². The molecule has 0 spiro atoms. The number of aliphatic hydroxyl groups excluding tert-OH is 1. The van der Waals surface area contributed by atoms with Gasteiger partial charge in [0.15, 0.2) is 5.78 Å². The summed E-state index contributed by atoms with van der Waals surface area (Å²) in [5.41, 5.74) is 1.40. The van der Waals surface area contributed by atoms with Crippen molar-refractivity contribution in [1.82, 2.24) is 0 Å². The molecular weight excluding hydrogens is 240 g/mol. The van der Waals surface area contributed by atoms with Crippen LogP contribution >= 0.6 is 0 Å². The summed E-state index contributed by atoms with van der Waals surface area (Å²) in [7, 11) is 1.58. The monoisotopic (exact) mass is 256 g/mol. The van der Waals surface area contributed by atoms with Crippen LogP contribution in [-0.2, 0) is 0 Å². The first-order chi connectivity index (χ1) is 9.26. The summed E-state index contributed by atoms with van der Waals surface area (Å²) < 4.78 is 5.06. The van der Waals surface area contributed by atoms with Crippen molar-refractivity contribution in [3.05, 3.63) is 65.7 Å². The Morgan fingerprint density at radius 2 is 1.74 bits per heavy atom. The van der Waals surface area contributed by atoms with Gasteiger partial charge in [0.1, 0.15) is 5.75 Å². The molecule has 1 N–H and O–H groups in total. The number of rotatable bonds is 5. The molecule has 1 unspecified atom stereocenters. The molecule has 0 aromatic heterocycles. The molecule has 0 aliphatic heterocycles. The summed E-state index contributed by atoms with van der Waals surface area (Å²) in [5.74, 6) is 0.0998. The number of hydrogen-bond donors (Lipinski definition) is 1. The highest BCUT2D eigenvalue weighted by atomic mass is 16.5. The Kier molecular flexibility index (Phi) is 4.31. The minimum atomic E-state index is -0.519.